The molecule has 248 valence electrons. The largest absolute Gasteiger partial charge is 0.387 e. The summed E-state index contributed by atoms with van der Waals surface area (Å²) in [5, 5.41) is 30.6. The summed E-state index contributed by atoms with van der Waals surface area (Å²) in [6.45, 7) is 4.49. The summed E-state index contributed by atoms with van der Waals surface area (Å²) in [4.78, 5) is 24.6. The van der Waals surface area contributed by atoms with E-state index in [4.69, 9.17) is 0 Å². The van der Waals surface area contributed by atoms with E-state index < -0.39 is 29.9 Å². The summed E-state index contributed by atoms with van der Waals surface area (Å²) in [7, 11) is 0. The van der Waals surface area contributed by atoms with Crippen molar-refractivity contribution < 1.29 is 24.9 Å². The van der Waals surface area contributed by atoms with Gasteiger partial charge in [-0.15, -0.1) is 0 Å². The van der Waals surface area contributed by atoms with Crippen LogP contribution in [0.5, 0.6) is 0 Å². The SMILES string of the molecule is CCCCCCC=CCCCCCCCC(=O)C(O)C(O)C(O)C(=O)CCCCCCCCCCCCCCCCC. The number of aliphatic hydroxyl groups is 3. The number of Topliss-reactive ketones (excluding diaryl/α,β-unsaturated/α-hetero) is 2. The van der Waals surface area contributed by atoms with E-state index in [9.17, 15) is 24.9 Å². The van der Waals surface area contributed by atoms with Gasteiger partial charge in [0.15, 0.2) is 11.6 Å². The molecule has 3 atom stereocenters. The third kappa shape index (κ3) is 25.5. The average molecular weight is 595 g/mol. The summed E-state index contributed by atoms with van der Waals surface area (Å²) in [6, 6.07) is 0. The molecular weight excluding hydrogens is 524 g/mol. The molecule has 0 rings (SSSR count). The zero-order valence-corrected chi connectivity index (χ0v) is 27.8. The number of hydrogen-bond donors (Lipinski definition) is 3. The Labute approximate surface area is 260 Å². The first-order valence-electron chi connectivity index (χ1n) is 18.2. The molecule has 0 aliphatic heterocycles. The Kier molecular flexibility index (Phi) is 30.6. The van der Waals surface area contributed by atoms with Crippen LogP contribution in [0.2, 0.25) is 0 Å². The molecule has 5 nitrogen and oxygen atoms in total. The van der Waals surface area contributed by atoms with E-state index >= 15 is 0 Å². The van der Waals surface area contributed by atoms with Crippen LogP contribution in [-0.4, -0.2) is 45.2 Å². The molecule has 0 aromatic heterocycles. The Balaban J connectivity index is 3.71. The second-order valence-corrected chi connectivity index (χ2v) is 12.6. The number of ketones is 2. The Morgan fingerprint density at radius 3 is 1.02 bits per heavy atom. The number of carbonyl (C=O) groups excluding carboxylic acids is 2. The van der Waals surface area contributed by atoms with Crippen LogP contribution in [0.25, 0.3) is 0 Å². The predicted octanol–water partition coefficient (Wildman–Crippen LogP) is 9.73. The van der Waals surface area contributed by atoms with Gasteiger partial charge < -0.3 is 15.3 Å². The van der Waals surface area contributed by atoms with Crippen molar-refractivity contribution in [3.8, 4) is 0 Å². The maximum Gasteiger partial charge on any atom is 0.164 e. The van der Waals surface area contributed by atoms with Crippen LogP contribution in [-0.2, 0) is 9.59 Å². The highest BCUT2D eigenvalue weighted by molar-refractivity contribution is 5.87. The fourth-order valence-corrected chi connectivity index (χ4v) is 5.54. The van der Waals surface area contributed by atoms with Crippen molar-refractivity contribution in [2.45, 2.75) is 212 Å². The van der Waals surface area contributed by atoms with Gasteiger partial charge in [-0.3, -0.25) is 9.59 Å². The predicted molar refractivity (Wildman–Crippen MR) is 178 cm³/mol. The Morgan fingerprint density at radius 2 is 0.690 bits per heavy atom. The molecule has 5 heteroatoms. The smallest absolute Gasteiger partial charge is 0.164 e. The normalized spacial score (nSPS) is 13.9. The quantitative estimate of drug-likeness (QED) is 0.0519. The number of aliphatic hydroxyl groups excluding tert-OH is 3. The first-order chi connectivity index (χ1) is 20.5. The standard InChI is InChI=1S/C37H70O5/c1-3-5-7-9-11-13-15-17-18-20-22-24-26-28-30-32-34(39)36(41)37(42)35(40)33(38)31-29-27-25-23-21-19-16-14-12-10-8-6-4-2/h14,16,35-37,40-42H,3-13,15,17-32H2,1-2H3. The van der Waals surface area contributed by atoms with Crippen LogP contribution in [0.4, 0.5) is 0 Å². The molecular formula is C37H70O5. The number of carbonyl (C=O) groups is 2. The van der Waals surface area contributed by atoms with Gasteiger partial charge in [0.1, 0.15) is 18.3 Å². The van der Waals surface area contributed by atoms with Gasteiger partial charge in [-0.2, -0.15) is 0 Å². The number of rotatable bonds is 33. The van der Waals surface area contributed by atoms with E-state index in [1.807, 2.05) is 0 Å². The Bertz CT molecular complexity index is 632. The fourth-order valence-electron chi connectivity index (χ4n) is 5.54. The summed E-state index contributed by atoms with van der Waals surface area (Å²) in [6.07, 6.45) is 30.7. The fraction of sp³-hybridized carbons (Fsp3) is 0.892. The van der Waals surface area contributed by atoms with E-state index in [0.717, 1.165) is 44.9 Å². The minimum atomic E-state index is -1.74. The van der Waals surface area contributed by atoms with E-state index in [0.29, 0.717) is 12.8 Å². The third-order valence-corrected chi connectivity index (χ3v) is 8.52. The van der Waals surface area contributed by atoms with Crippen molar-refractivity contribution >= 4 is 11.6 Å². The molecule has 0 aromatic rings. The van der Waals surface area contributed by atoms with Gasteiger partial charge in [-0.25, -0.2) is 0 Å². The van der Waals surface area contributed by atoms with Gasteiger partial charge >= 0.3 is 0 Å². The van der Waals surface area contributed by atoms with Crippen LogP contribution in [0, 0.1) is 0 Å². The van der Waals surface area contributed by atoms with Crippen molar-refractivity contribution in [1.29, 1.82) is 0 Å². The van der Waals surface area contributed by atoms with Crippen molar-refractivity contribution in [3.63, 3.8) is 0 Å². The Morgan fingerprint density at radius 1 is 0.429 bits per heavy atom. The highest BCUT2D eigenvalue weighted by atomic mass is 16.4. The summed E-state index contributed by atoms with van der Waals surface area (Å²) < 4.78 is 0. The van der Waals surface area contributed by atoms with Crippen LogP contribution in [0.15, 0.2) is 12.2 Å². The lowest BCUT2D eigenvalue weighted by atomic mass is 9.95. The number of hydrogen-bond acceptors (Lipinski definition) is 5. The molecule has 0 amide bonds. The van der Waals surface area contributed by atoms with Crippen molar-refractivity contribution in [1.82, 2.24) is 0 Å². The number of unbranched alkanes of at least 4 members (excludes halogenated alkanes) is 23. The second-order valence-electron chi connectivity index (χ2n) is 12.6. The lowest BCUT2D eigenvalue weighted by Gasteiger charge is -2.21. The van der Waals surface area contributed by atoms with Gasteiger partial charge in [0.25, 0.3) is 0 Å². The maximum atomic E-state index is 12.3. The topological polar surface area (TPSA) is 94.8 Å². The van der Waals surface area contributed by atoms with Crippen molar-refractivity contribution in [2.75, 3.05) is 0 Å². The Hall–Kier alpha value is -1.04. The van der Waals surface area contributed by atoms with E-state index in [-0.39, 0.29) is 12.8 Å². The molecule has 3 unspecified atom stereocenters. The molecule has 3 N–H and O–H groups in total. The molecule has 0 aliphatic rings. The summed E-state index contributed by atoms with van der Waals surface area (Å²) in [5.74, 6) is -0.980. The van der Waals surface area contributed by atoms with E-state index in [1.165, 1.54) is 109 Å². The highest BCUT2D eigenvalue weighted by Gasteiger charge is 2.33. The van der Waals surface area contributed by atoms with E-state index in [2.05, 4.69) is 26.0 Å². The molecule has 0 fully saturated rings. The zero-order valence-electron chi connectivity index (χ0n) is 27.8. The number of allylic oxidation sites excluding steroid dienone is 2. The van der Waals surface area contributed by atoms with E-state index in [1.54, 1.807) is 0 Å². The molecule has 0 saturated heterocycles. The molecule has 0 bridgehead atoms. The van der Waals surface area contributed by atoms with Gasteiger partial charge in [0, 0.05) is 12.8 Å². The molecule has 0 heterocycles. The van der Waals surface area contributed by atoms with Crippen LogP contribution in [0.1, 0.15) is 194 Å². The zero-order chi connectivity index (χ0) is 31.1. The first-order valence-corrected chi connectivity index (χ1v) is 18.2. The van der Waals surface area contributed by atoms with Crippen molar-refractivity contribution in [3.05, 3.63) is 12.2 Å². The van der Waals surface area contributed by atoms with Gasteiger partial charge in [0.2, 0.25) is 0 Å². The van der Waals surface area contributed by atoms with Gasteiger partial charge in [0.05, 0.1) is 0 Å². The van der Waals surface area contributed by atoms with Crippen LogP contribution in [0.3, 0.4) is 0 Å². The monoisotopic (exact) mass is 595 g/mol. The van der Waals surface area contributed by atoms with Gasteiger partial charge in [-0.05, 0) is 38.5 Å². The highest BCUT2D eigenvalue weighted by Crippen LogP contribution is 2.16. The molecule has 0 saturated carbocycles. The van der Waals surface area contributed by atoms with Gasteiger partial charge in [-0.1, -0.05) is 154 Å². The van der Waals surface area contributed by atoms with Crippen LogP contribution < -0.4 is 0 Å². The molecule has 0 radical (unpaired) electrons. The molecule has 0 aliphatic carbocycles. The molecule has 0 spiro atoms. The summed E-state index contributed by atoms with van der Waals surface area (Å²) >= 11 is 0. The second kappa shape index (κ2) is 31.4. The summed E-state index contributed by atoms with van der Waals surface area (Å²) in [5.41, 5.74) is 0. The lowest BCUT2D eigenvalue weighted by molar-refractivity contribution is -0.146. The lowest BCUT2D eigenvalue weighted by Crippen LogP contribution is -2.45. The first kappa shape index (κ1) is 41.0. The molecule has 0 aromatic carbocycles. The van der Waals surface area contributed by atoms with Crippen molar-refractivity contribution in [2.24, 2.45) is 0 Å². The molecule has 42 heavy (non-hydrogen) atoms. The maximum absolute atomic E-state index is 12.3. The van der Waals surface area contributed by atoms with Crippen LogP contribution >= 0.6 is 0 Å². The minimum Gasteiger partial charge on any atom is -0.387 e. The average Bonchev–Trinajstić information content (AvgIpc) is 2.99. The third-order valence-electron chi connectivity index (χ3n) is 8.52. The minimum absolute atomic E-state index is 0.163.